The van der Waals surface area contributed by atoms with Gasteiger partial charge < -0.3 is 15.8 Å². The second kappa shape index (κ2) is 6.57. The van der Waals surface area contributed by atoms with E-state index in [-0.39, 0.29) is 5.91 Å². The highest BCUT2D eigenvalue weighted by atomic mass is 16.5. The molecule has 1 fully saturated rings. The summed E-state index contributed by atoms with van der Waals surface area (Å²) >= 11 is 0. The number of nitrogens with one attached hydrogen (secondary N) is 1. The third-order valence-electron chi connectivity index (χ3n) is 3.23. The van der Waals surface area contributed by atoms with Crippen molar-refractivity contribution in [3.63, 3.8) is 0 Å². The van der Waals surface area contributed by atoms with Crippen LogP contribution in [0.15, 0.2) is 18.2 Å². The molecule has 0 aromatic heterocycles. The van der Waals surface area contributed by atoms with Crippen molar-refractivity contribution >= 4 is 5.91 Å². The maximum Gasteiger partial charge on any atom is 0.223 e. The number of para-hydroxylation sites is 1. The first-order valence-electron chi connectivity index (χ1n) is 6.91. The number of hydrogen-bond acceptors (Lipinski definition) is 3. The average molecular weight is 262 g/mol. The number of amides is 1. The van der Waals surface area contributed by atoms with Crippen molar-refractivity contribution in [2.75, 3.05) is 13.2 Å². The number of benzene rings is 1. The Balaban J connectivity index is 1.85. The van der Waals surface area contributed by atoms with Gasteiger partial charge in [0.1, 0.15) is 5.75 Å². The zero-order valence-corrected chi connectivity index (χ0v) is 11.4. The first kappa shape index (κ1) is 13.9. The van der Waals surface area contributed by atoms with E-state index in [9.17, 15) is 4.79 Å². The highest BCUT2D eigenvalue weighted by Gasteiger charge is 2.22. The van der Waals surface area contributed by atoms with E-state index in [0.29, 0.717) is 25.6 Å². The van der Waals surface area contributed by atoms with Gasteiger partial charge in [0.15, 0.2) is 0 Å². The van der Waals surface area contributed by atoms with E-state index in [1.165, 1.54) is 0 Å². The zero-order valence-electron chi connectivity index (χ0n) is 11.4. The normalized spacial score (nSPS) is 14.2. The third kappa shape index (κ3) is 4.24. The van der Waals surface area contributed by atoms with Gasteiger partial charge in [-0.05, 0) is 43.9 Å². The Kier molecular flexibility index (Phi) is 4.80. The molecule has 19 heavy (non-hydrogen) atoms. The molecule has 1 aromatic carbocycles. The monoisotopic (exact) mass is 262 g/mol. The van der Waals surface area contributed by atoms with Gasteiger partial charge >= 0.3 is 0 Å². The average Bonchev–Trinajstić information content (AvgIpc) is 3.17. The molecule has 1 aromatic rings. The van der Waals surface area contributed by atoms with Crippen LogP contribution in [0.2, 0.25) is 0 Å². The Labute approximate surface area is 114 Å². The van der Waals surface area contributed by atoms with E-state index in [2.05, 4.69) is 5.32 Å². The molecular weight excluding hydrogens is 240 g/mol. The lowest BCUT2D eigenvalue weighted by atomic mass is 10.1. The molecule has 0 saturated heterocycles. The molecule has 0 aliphatic heterocycles. The van der Waals surface area contributed by atoms with Gasteiger partial charge in [0.05, 0.1) is 13.0 Å². The molecule has 1 aliphatic rings. The van der Waals surface area contributed by atoms with Crippen LogP contribution in [0.3, 0.4) is 0 Å². The maximum absolute atomic E-state index is 11.6. The van der Waals surface area contributed by atoms with Crippen molar-refractivity contribution in [2.45, 2.75) is 38.6 Å². The maximum atomic E-state index is 11.6. The second-order valence-corrected chi connectivity index (χ2v) is 5.04. The van der Waals surface area contributed by atoms with Crippen LogP contribution in [0.5, 0.6) is 5.75 Å². The van der Waals surface area contributed by atoms with Gasteiger partial charge in [0.2, 0.25) is 5.91 Å². The summed E-state index contributed by atoms with van der Waals surface area (Å²) in [4.78, 5) is 11.6. The van der Waals surface area contributed by atoms with Gasteiger partial charge in [-0.2, -0.15) is 0 Å². The second-order valence-electron chi connectivity index (χ2n) is 5.04. The van der Waals surface area contributed by atoms with Crippen molar-refractivity contribution in [1.29, 1.82) is 0 Å². The van der Waals surface area contributed by atoms with Crippen LogP contribution in [0.1, 0.15) is 30.4 Å². The molecule has 4 nitrogen and oxygen atoms in total. The molecule has 0 heterocycles. The minimum atomic E-state index is 0.0801. The molecule has 2 rings (SSSR count). The Hall–Kier alpha value is -1.55. The van der Waals surface area contributed by atoms with E-state index in [4.69, 9.17) is 10.5 Å². The predicted molar refractivity (Wildman–Crippen MR) is 75.2 cm³/mol. The van der Waals surface area contributed by atoms with E-state index in [1.807, 2.05) is 25.1 Å². The summed E-state index contributed by atoms with van der Waals surface area (Å²) in [6, 6.07) is 6.46. The standard InChI is InChI=1S/C15H22N2O2/c1-11-3-2-4-12(7-9-16)15(11)19-10-8-14(18)17-13-5-6-13/h2-4,13H,5-10,16H2,1H3,(H,17,18). The van der Waals surface area contributed by atoms with E-state index >= 15 is 0 Å². The molecule has 1 saturated carbocycles. The lowest BCUT2D eigenvalue weighted by Gasteiger charge is -2.13. The number of ether oxygens (including phenoxy) is 1. The highest BCUT2D eigenvalue weighted by Crippen LogP contribution is 2.24. The Morgan fingerprint density at radius 2 is 2.26 bits per heavy atom. The van der Waals surface area contributed by atoms with Crippen LogP contribution in [0, 0.1) is 6.92 Å². The van der Waals surface area contributed by atoms with Crippen LogP contribution in [-0.2, 0) is 11.2 Å². The van der Waals surface area contributed by atoms with E-state index in [0.717, 1.165) is 36.1 Å². The summed E-state index contributed by atoms with van der Waals surface area (Å²) in [7, 11) is 0. The lowest BCUT2D eigenvalue weighted by Crippen LogP contribution is -2.26. The number of aryl methyl sites for hydroxylation is 1. The Bertz CT molecular complexity index is 442. The smallest absolute Gasteiger partial charge is 0.223 e. The van der Waals surface area contributed by atoms with E-state index in [1.54, 1.807) is 0 Å². The topological polar surface area (TPSA) is 64.3 Å². The van der Waals surface area contributed by atoms with Crippen molar-refractivity contribution in [2.24, 2.45) is 5.73 Å². The molecular formula is C15H22N2O2. The van der Waals surface area contributed by atoms with Crippen molar-refractivity contribution < 1.29 is 9.53 Å². The number of carbonyl (C=O) groups is 1. The molecule has 0 spiro atoms. The summed E-state index contributed by atoms with van der Waals surface area (Å²) in [5.74, 6) is 0.962. The van der Waals surface area contributed by atoms with E-state index < -0.39 is 0 Å². The van der Waals surface area contributed by atoms with Crippen molar-refractivity contribution in [3.8, 4) is 5.75 Å². The van der Waals surface area contributed by atoms with Crippen molar-refractivity contribution in [1.82, 2.24) is 5.32 Å². The summed E-state index contributed by atoms with van der Waals surface area (Å²) in [5.41, 5.74) is 7.81. The fourth-order valence-corrected chi connectivity index (χ4v) is 2.05. The van der Waals surface area contributed by atoms with Crippen LogP contribution < -0.4 is 15.8 Å². The minimum absolute atomic E-state index is 0.0801. The van der Waals surface area contributed by atoms with Gasteiger partial charge in [-0.15, -0.1) is 0 Å². The molecule has 1 aliphatic carbocycles. The van der Waals surface area contributed by atoms with Crippen LogP contribution in [0.4, 0.5) is 0 Å². The third-order valence-corrected chi connectivity index (χ3v) is 3.23. The SMILES string of the molecule is Cc1cccc(CCN)c1OCCC(=O)NC1CC1. The van der Waals surface area contributed by atoms with Crippen LogP contribution in [-0.4, -0.2) is 25.1 Å². The first-order chi connectivity index (χ1) is 9.20. The first-order valence-corrected chi connectivity index (χ1v) is 6.91. The molecule has 0 atom stereocenters. The molecule has 4 heteroatoms. The quantitative estimate of drug-likeness (QED) is 0.783. The lowest BCUT2D eigenvalue weighted by molar-refractivity contribution is -0.121. The molecule has 0 unspecified atom stereocenters. The fraction of sp³-hybridized carbons (Fsp3) is 0.533. The summed E-state index contributed by atoms with van der Waals surface area (Å²) in [6.07, 6.45) is 3.44. The van der Waals surface area contributed by atoms with Gasteiger partial charge in [0.25, 0.3) is 0 Å². The number of hydrogen-bond donors (Lipinski definition) is 2. The van der Waals surface area contributed by atoms with Gasteiger partial charge in [-0.1, -0.05) is 18.2 Å². The van der Waals surface area contributed by atoms with Gasteiger partial charge in [0, 0.05) is 6.04 Å². The summed E-state index contributed by atoms with van der Waals surface area (Å²) < 4.78 is 5.78. The minimum Gasteiger partial charge on any atom is -0.492 e. The van der Waals surface area contributed by atoms with Crippen molar-refractivity contribution in [3.05, 3.63) is 29.3 Å². The predicted octanol–water partition coefficient (Wildman–Crippen LogP) is 1.54. The fourth-order valence-electron chi connectivity index (χ4n) is 2.05. The van der Waals surface area contributed by atoms with Crippen LogP contribution >= 0.6 is 0 Å². The molecule has 0 radical (unpaired) electrons. The molecule has 1 amide bonds. The highest BCUT2D eigenvalue weighted by molar-refractivity contribution is 5.76. The zero-order chi connectivity index (χ0) is 13.7. The van der Waals surface area contributed by atoms with Gasteiger partial charge in [-0.25, -0.2) is 0 Å². The molecule has 0 bridgehead atoms. The Morgan fingerprint density at radius 1 is 1.47 bits per heavy atom. The largest absolute Gasteiger partial charge is 0.492 e. The Morgan fingerprint density at radius 3 is 2.95 bits per heavy atom. The van der Waals surface area contributed by atoms with Crippen LogP contribution in [0.25, 0.3) is 0 Å². The molecule has 3 N–H and O–H groups in total. The summed E-state index contributed by atoms with van der Waals surface area (Å²) in [6.45, 7) is 3.03. The number of rotatable bonds is 7. The number of nitrogens with two attached hydrogens (primary N) is 1. The number of carbonyl (C=O) groups excluding carboxylic acids is 1. The van der Waals surface area contributed by atoms with Gasteiger partial charge in [-0.3, -0.25) is 4.79 Å². The summed E-state index contributed by atoms with van der Waals surface area (Å²) in [5, 5.41) is 2.96. The molecule has 104 valence electrons.